The fourth-order valence-corrected chi connectivity index (χ4v) is 6.04. The molecule has 3 aromatic carbocycles. The number of aliphatic hydroxyl groups excluding tert-OH is 1. The maximum absolute atomic E-state index is 14.4. The van der Waals surface area contributed by atoms with E-state index in [9.17, 15) is 14.7 Å². The summed E-state index contributed by atoms with van der Waals surface area (Å²) in [6.07, 6.45) is -2.01. The topological polar surface area (TPSA) is 70.1 Å². The number of carbonyl (C=O) groups is 2. The predicted molar refractivity (Wildman–Crippen MR) is 139 cm³/mol. The quantitative estimate of drug-likeness (QED) is 0.449. The number of para-hydroxylation sites is 2. The van der Waals surface area contributed by atoms with Gasteiger partial charge in [-0.05, 0) is 49.6 Å². The minimum atomic E-state index is -1.34. The number of alkyl halides is 1. The van der Waals surface area contributed by atoms with E-state index in [0.29, 0.717) is 17.8 Å². The Kier molecular flexibility index (Phi) is 5.73. The zero-order valence-corrected chi connectivity index (χ0v) is 21.4. The first-order valence-corrected chi connectivity index (χ1v) is 12.5. The molecule has 2 aliphatic heterocycles. The zero-order chi connectivity index (χ0) is 25.0. The Labute approximate surface area is 213 Å². The maximum Gasteiger partial charge on any atom is 0.416 e. The second-order valence-corrected chi connectivity index (χ2v) is 10.9. The van der Waals surface area contributed by atoms with Crippen LogP contribution in [0.5, 0.6) is 0 Å². The van der Waals surface area contributed by atoms with Crippen LogP contribution in [0.1, 0.15) is 37.5 Å². The first kappa shape index (κ1) is 23.6. The van der Waals surface area contributed by atoms with Crippen LogP contribution < -0.4 is 9.80 Å². The molecule has 3 unspecified atom stereocenters. The summed E-state index contributed by atoms with van der Waals surface area (Å²) in [5.74, 6) is -0.153. The number of ether oxygens (including phenoxy) is 1. The number of nitrogens with zero attached hydrogens (tertiary/aromatic N) is 2. The minimum absolute atomic E-state index is 0.153. The van der Waals surface area contributed by atoms with Crippen LogP contribution in [0.3, 0.4) is 0 Å². The third kappa shape index (κ3) is 3.65. The van der Waals surface area contributed by atoms with Gasteiger partial charge in [0.05, 0.1) is 17.1 Å². The molecular formula is C28H27BrN2O4. The fourth-order valence-electron chi connectivity index (χ4n) is 5.11. The van der Waals surface area contributed by atoms with E-state index in [-0.39, 0.29) is 5.91 Å². The van der Waals surface area contributed by atoms with Gasteiger partial charge in [0.2, 0.25) is 5.91 Å². The highest BCUT2D eigenvalue weighted by Gasteiger charge is 2.62. The van der Waals surface area contributed by atoms with Crippen molar-refractivity contribution in [2.45, 2.75) is 49.4 Å². The Hall–Kier alpha value is -3.16. The Morgan fingerprint density at radius 3 is 2.11 bits per heavy atom. The summed E-state index contributed by atoms with van der Waals surface area (Å²) in [6.45, 7) is 5.72. The molecule has 5 rings (SSSR count). The predicted octanol–water partition coefficient (Wildman–Crippen LogP) is 5.36. The first-order chi connectivity index (χ1) is 16.7. The highest BCUT2D eigenvalue weighted by Crippen LogP contribution is 2.56. The minimum Gasteiger partial charge on any atom is -0.443 e. The van der Waals surface area contributed by atoms with Gasteiger partial charge in [0, 0.05) is 5.69 Å². The van der Waals surface area contributed by atoms with Crippen LogP contribution in [0.15, 0.2) is 78.9 Å². The van der Waals surface area contributed by atoms with Gasteiger partial charge < -0.3 is 14.7 Å². The van der Waals surface area contributed by atoms with Crippen LogP contribution in [0.2, 0.25) is 0 Å². The van der Waals surface area contributed by atoms with Crippen LogP contribution >= 0.6 is 15.9 Å². The monoisotopic (exact) mass is 534 g/mol. The number of halogens is 1. The van der Waals surface area contributed by atoms with Crippen molar-refractivity contribution in [1.82, 2.24) is 0 Å². The molecule has 0 radical (unpaired) electrons. The molecule has 6 nitrogen and oxygen atoms in total. The lowest BCUT2D eigenvalue weighted by atomic mass is 9.69. The van der Waals surface area contributed by atoms with Crippen molar-refractivity contribution < 1.29 is 19.4 Å². The lowest BCUT2D eigenvalue weighted by Crippen LogP contribution is -2.61. The van der Waals surface area contributed by atoms with E-state index in [1.807, 2.05) is 66.7 Å². The summed E-state index contributed by atoms with van der Waals surface area (Å²) in [7, 11) is 0. The lowest BCUT2D eigenvalue weighted by Gasteiger charge is -2.46. The third-order valence-electron chi connectivity index (χ3n) is 6.50. The van der Waals surface area contributed by atoms with Crippen molar-refractivity contribution in [3.05, 3.63) is 95.6 Å². The summed E-state index contributed by atoms with van der Waals surface area (Å²) < 4.78 is 5.61. The van der Waals surface area contributed by atoms with Gasteiger partial charge in [-0.25, -0.2) is 9.69 Å². The van der Waals surface area contributed by atoms with Crippen molar-refractivity contribution in [2.75, 3.05) is 9.80 Å². The van der Waals surface area contributed by atoms with Crippen LogP contribution in [0, 0.1) is 0 Å². The normalized spacial score (nSPS) is 23.3. The molecule has 35 heavy (non-hydrogen) atoms. The van der Waals surface area contributed by atoms with E-state index in [0.717, 1.165) is 16.8 Å². The number of amides is 2. The first-order valence-electron chi connectivity index (χ1n) is 11.6. The number of hydrogen-bond acceptors (Lipinski definition) is 4. The number of anilines is 2. The largest absolute Gasteiger partial charge is 0.443 e. The Morgan fingerprint density at radius 2 is 1.49 bits per heavy atom. The molecule has 3 aromatic rings. The standard InChI is InChI=1S/C28H27BrN2O4/c1-27(2,3)35-26(34)31-22-16-10-8-14-20(22)28(23(29)24(31)32)19-13-7-9-15-21(19)30(25(28)33)17-18-11-5-4-6-12-18/h4-16,23-24,32H,17H2,1-3H3. The highest BCUT2D eigenvalue weighted by atomic mass is 79.9. The number of fused-ring (bicyclic) bond motifs is 4. The molecule has 0 aliphatic carbocycles. The van der Waals surface area contributed by atoms with Crippen molar-refractivity contribution >= 4 is 39.3 Å². The van der Waals surface area contributed by atoms with E-state index in [1.165, 1.54) is 4.90 Å². The van der Waals surface area contributed by atoms with E-state index in [1.54, 1.807) is 37.8 Å². The van der Waals surface area contributed by atoms with Crippen molar-refractivity contribution in [3.63, 3.8) is 0 Å². The van der Waals surface area contributed by atoms with E-state index in [4.69, 9.17) is 4.74 Å². The summed E-state index contributed by atoms with van der Waals surface area (Å²) in [5, 5.41) is 11.5. The van der Waals surface area contributed by atoms with Gasteiger partial charge in [-0.15, -0.1) is 0 Å². The number of aliphatic hydroxyl groups is 1. The summed E-state index contributed by atoms with van der Waals surface area (Å²) in [5.41, 5.74) is 1.71. The van der Waals surface area contributed by atoms with Gasteiger partial charge in [-0.3, -0.25) is 4.79 Å². The van der Waals surface area contributed by atoms with Crippen molar-refractivity contribution in [2.24, 2.45) is 0 Å². The molecule has 0 saturated heterocycles. The second kappa shape index (κ2) is 8.50. The Balaban J connectivity index is 1.69. The molecule has 0 saturated carbocycles. The summed E-state index contributed by atoms with van der Waals surface area (Å²) in [6, 6.07) is 24.7. The molecule has 2 heterocycles. The summed E-state index contributed by atoms with van der Waals surface area (Å²) in [4.78, 5) is 29.8. The van der Waals surface area contributed by atoms with Crippen LogP contribution in [0.4, 0.5) is 16.2 Å². The third-order valence-corrected chi connectivity index (χ3v) is 7.66. The Morgan fingerprint density at radius 1 is 0.943 bits per heavy atom. The molecule has 2 aliphatic rings. The van der Waals surface area contributed by atoms with Crippen molar-refractivity contribution in [3.8, 4) is 0 Å². The summed E-state index contributed by atoms with van der Waals surface area (Å²) >= 11 is 3.67. The van der Waals surface area contributed by atoms with Crippen molar-refractivity contribution in [1.29, 1.82) is 0 Å². The highest BCUT2D eigenvalue weighted by molar-refractivity contribution is 9.09. The van der Waals surface area contributed by atoms with Gasteiger partial charge in [0.15, 0.2) is 6.23 Å². The maximum atomic E-state index is 14.4. The Bertz CT molecular complexity index is 1290. The van der Waals surface area contributed by atoms with Crippen LogP contribution in [-0.2, 0) is 21.5 Å². The number of hydrogen-bond donors (Lipinski definition) is 1. The number of carbonyl (C=O) groups excluding carboxylic acids is 2. The molecule has 2 amide bonds. The van der Waals surface area contributed by atoms with Gasteiger partial charge in [0.25, 0.3) is 0 Å². The molecule has 0 bridgehead atoms. The molecule has 1 N–H and O–H groups in total. The molecule has 0 aromatic heterocycles. The van der Waals surface area contributed by atoms with Gasteiger partial charge in [-0.2, -0.15) is 0 Å². The smallest absolute Gasteiger partial charge is 0.416 e. The van der Waals surface area contributed by atoms with Crippen LogP contribution in [0.25, 0.3) is 0 Å². The zero-order valence-electron chi connectivity index (χ0n) is 19.8. The average molecular weight is 535 g/mol. The number of benzene rings is 3. The van der Waals surface area contributed by atoms with Gasteiger partial charge in [-0.1, -0.05) is 82.7 Å². The number of rotatable bonds is 2. The van der Waals surface area contributed by atoms with E-state index >= 15 is 0 Å². The van der Waals surface area contributed by atoms with Gasteiger partial charge in [0.1, 0.15) is 11.0 Å². The molecule has 3 atom stereocenters. The molecule has 1 spiro atoms. The van der Waals surface area contributed by atoms with E-state index in [2.05, 4.69) is 15.9 Å². The van der Waals surface area contributed by atoms with Crippen LogP contribution in [-0.4, -0.2) is 33.8 Å². The van der Waals surface area contributed by atoms with Gasteiger partial charge >= 0.3 is 6.09 Å². The van der Waals surface area contributed by atoms with E-state index < -0.39 is 28.2 Å². The second-order valence-electron chi connectivity index (χ2n) is 9.88. The fraction of sp³-hybridized carbons (Fsp3) is 0.286. The lowest BCUT2D eigenvalue weighted by molar-refractivity contribution is -0.122. The molecular weight excluding hydrogens is 508 g/mol. The molecule has 180 valence electrons. The average Bonchev–Trinajstić information content (AvgIpc) is 3.06. The molecule has 0 fully saturated rings. The SMILES string of the molecule is CC(C)(C)OC(=O)N1c2ccccc2C2(C(=O)N(Cc3ccccc3)c3ccccc32)C(Br)C1O. The molecule has 7 heteroatoms.